The molecule has 0 aliphatic carbocycles. The summed E-state index contributed by atoms with van der Waals surface area (Å²) >= 11 is 0. The summed E-state index contributed by atoms with van der Waals surface area (Å²) in [5, 5.41) is 10.9. The lowest BCUT2D eigenvalue weighted by Gasteiger charge is -2.50. The number of rotatable bonds is 6. The first-order chi connectivity index (χ1) is 11.2. The molecule has 0 unspecified atom stereocenters. The molecule has 1 rings (SSSR count). The largest absolute Gasteiger partial charge is 0.479 e. The smallest absolute Gasteiger partial charge is 0.330 e. The number of nitrogens with zero attached hydrogens (tertiary/aromatic N) is 2. The maximum absolute atomic E-state index is 13.0. The van der Waals surface area contributed by atoms with Crippen LogP contribution in [0.15, 0.2) is 12.0 Å². The second-order valence-electron chi connectivity index (χ2n) is 7.93. The van der Waals surface area contributed by atoms with E-state index in [4.69, 9.17) is 0 Å². The van der Waals surface area contributed by atoms with Crippen LogP contribution in [0.2, 0.25) is 0 Å². The van der Waals surface area contributed by atoms with Crippen molar-refractivity contribution in [1.29, 1.82) is 0 Å². The lowest BCUT2D eigenvalue weighted by atomic mass is 9.65. The average molecular weight is 375 g/mol. The highest BCUT2D eigenvalue weighted by Gasteiger charge is 2.56. The molecule has 0 spiro atoms. The molecule has 0 bridgehead atoms. The van der Waals surface area contributed by atoms with Crippen LogP contribution in [-0.2, 0) is 19.6 Å². The molecular weight excluding hydrogens is 344 g/mol. The topological polar surface area (TPSA) is 95.0 Å². The number of carboxylic acids is 1. The van der Waals surface area contributed by atoms with Gasteiger partial charge in [0.05, 0.1) is 5.92 Å². The SMILES string of the molecule is C=CS(=O)(=O)N1CC[C@H](C(=O)N(C)[C@](C(=O)O)(C(C)C)C(C)(C)C)C1. The summed E-state index contributed by atoms with van der Waals surface area (Å²) in [5.74, 6) is -2.28. The standard InChI is InChI=1S/C17H30N2O5S/c1-8-25(23,24)19-10-9-13(11-19)14(20)18(7)17(12(2)3,15(21)22)16(4,5)6/h8,12-13H,1,9-11H2,2-7H3,(H,21,22)/t13-,17-/m0/s1. The van der Waals surface area contributed by atoms with Crippen molar-refractivity contribution in [3.05, 3.63) is 12.0 Å². The Morgan fingerprint density at radius 2 is 1.84 bits per heavy atom. The van der Waals surface area contributed by atoms with Gasteiger partial charge < -0.3 is 10.0 Å². The molecule has 1 amide bonds. The summed E-state index contributed by atoms with van der Waals surface area (Å²) in [6, 6.07) is 0. The zero-order valence-electron chi connectivity index (χ0n) is 15.9. The van der Waals surface area contributed by atoms with Crippen molar-refractivity contribution < 1.29 is 23.1 Å². The lowest BCUT2D eigenvalue weighted by Crippen LogP contribution is -2.66. The summed E-state index contributed by atoms with van der Waals surface area (Å²) < 4.78 is 25.0. The van der Waals surface area contributed by atoms with Gasteiger partial charge in [0.25, 0.3) is 0 Å². The lowest BCUT2D eigenvalue weighted by molar-refractivity contribution is -0.173. The molecule has 2 atom stereocenters. The normalized spacial score (nSPS) is 21.8. The van der Waals surface area contributed by atoms with Gasteiger partial charge in [0, 0.05) is 25.5 Å². The molecule has 0 radical (unpaired) electrons. The zero-order chi connectivity index (χ0) is 19.8. The first-order valence-electron chi connectivity index (χ1n) is 8.37. The summed E-state index contributed by atoms with van der Waals surface area (Å²) in [6.07, 6.45) is 0.369. The summed E-state index contributed by atoms with van der Waals surface area (Å²) in [6.45, 7) is 12.5. The third kappa shape index (κ3) is 3.60. The van der Waals surface area contributed by atoms with E-state index in [9.17, 15) is 23.1 Å². The number of hydrogen-bond acceptors (Lipinski definition) is 4. The fourth-order valence-electron chi connectivity index (χ4n) is 4.18. The van der Waals surface area contributed by atoms with Crippen LogP contribution in [0.5, 0.6) is 0 Å². The van der Waals surface area contributed by atoms with E-state index in [1.54, 1.807) is 34.6 Å². The summed E-state index contributed by atoms with van der Waals surface area (Å²) in [4.78, 5) is 26.6. The van der Waals surface area contributed by atoms with E-state index in [0.29, 0.717) is 6.42 Å². The first-order valence-corrected chi connectivity index (χ1v) is 9.87. The molecule has 0 aromatic heterocycles. The van der Waals surface area contributed by atoms with Gasteiger partial charge in [0.2, 0.25) is 15.9 Å². The Hall–Kier alpha value is -1.41. The van der Waals surface area contributed by atoms with Gasteiger partial charge in [-0.1, -0.05) is 41.2 Å². The molecular formula is C17H30N2O5S. The van der Waals surface area contributed by atoms with Gasteiger partial charge >= 0.3 is 5.97 Å². The fourth-order valence-corrected chi connectivity index (χ4v) is 5.14. The molecule has 1 heterocycles. The molecule has 7 nitrogen and oxygen atoms in total. The highest BCUT2D eigenvalue weighted by Crippen LogP contribution is 2.42. The number of carboxylic acid groups (broad SMARTS) is 1. The van der Waals surface area contributed by atoms with Gasteiger partial charge in [-0.2, -0.15) is 4.31 Å². The van der Waals surface area contributed by atoms with E-state index in [2.05, 4.69) is 6.58 Å². The predicted octanol–water partition coefficient (Wildman–Crippen LogP) is 1.77. The Morgan fingerprint density at radius 3 is 2.20 bits per heavy atom. The molecule has 0 saturated carbocycles. The molecule has 0 aromatic carbocycles. The molecule has 25 heavy (non-hydrogen) atoms. The third-order valence-corrected chi connectivity index (χ3v) is 6.71. The van der Waals surface area contributed by atoms with Gasteiger partial charge in [-0.15, -0.1) is 0 Å². The van der Waals surface area contributed by atoms with Crippen molar-refractivity contribution in [1.82, 2.24) is 9.21 Å². The maximum atomic E-state index is 13.0. The van der Waals surface area contributed by atoms with Crippen molar-refractivity contribution in [2.75, 3.05) is 20.1 Å². The van der Waals surface area contributed by atoms with Crippen LogP contribution >= 0.6 is 0 Å². The van der Waals surface area contributed by atoms with Crippen molar-refractivity contribution >= 4 is 21.9 Å². The highest BCUT2D eigenvalue weighted by molar-refractivity contribution is 7.92. The zero-order valence-corrected chi connectivity index (χ0v) is 16.8. The minimum atomic E-state index is -3.58. The Labute approximate surface area is 150 Å². The van der Waals surface area contributed by atoms with Crippen molar-refractivity contribution in [2.24, 2.45) is 17.3 Å². The number of amides is 1. The van der Waals surface area contributed by atoms with Gasteiger partial charge in [0.1, 0.15) is 5.54 Å². The van der Waals surface area contributed by atoms with Crippen LogP contribution < -0.4 is 0 Å². The van der Waals surface area contributed by atoms with E-state index in [-0.39, 0.29) is 24.9 Å². The van der Waals surface area contributed by atoms with E-state index >= 15 is 0 Å². The van der Waals surface area contributed by atoms with Crippen molar-refractivity contribution in [3.8, 4) is 0 Å². The van der Waals surface area contributed by atoms with Gasteiger partial charge in [-0.25, -0.2) is 13.2 Å². The van der Waals surface area contributed by atoms with Gasteiger partial charge in [-0.3, -0.25) is 4.79 Å². The van der Waals surface area contributed by atoms with Crippen LogP contribution in [0.25, 0.3) is 0 Å². The van der Waals surface area contributed by atoms with Gasteiger partial charge in [0.15, 0.2) is 0 Å². The second-order valence-corrected chi connectivity index (χ2v) is 9.81. The second kappa shape index (κ2) is 7.07. The van der Waals surface area contributed by atoms with Crippen LogP contribution in [-0.4, -0.2) is 60.3 Å². The van der Waals surface area contributed by atoms with Crippen molar-refractivity contribution in [3.63, 3.8) is 0 Å². The number of aliphatic carboxylic acids is 1. The summed E-state index contributed by atoms with van der Waals surface area (Å²) in [7, 11) is -2.07. The van der Waals surface area contributed by atoms with E-state index in [1.807, 2.05) is 0 Å². The average Bonchev–Trinajstić information content (AvgIpc) is 2.94. The van der Waals surface area contributed by atoms with E-state index in [1.165, 1.54) is 16.3 Å². The Bertz CT molecular complexity index is 650. The number of hydrogen-bond donors (Lipinski definition) is 1. The number of sulfonamides is 1. The molecule has 1 N–H and O–H groups in total. The number of carbonyl (C=O) groups excluding carboxylic acids is 1. The van der Waals surface area contributed by atoms with E-state index in [0.717, 1.165) is 5.41 Å². The predicted molar refractivity (Wildman–Crippen MR) is 96.2 cm³/mol. The molecule has 1 aliphatic rings. The highest BCUT2D eigenvalue weighted by atomic mass is 32.2. The number of likely N-dealkylation sites (N-methyl/N-ethyl adjacent to an activating group) is 1. The maximum Gasteiger partial charge on any atom is 0.330 e. The first kappa shape index (κ1) is 21.6. The van der Waals surface area contributed by atoms with Crippen LogP contribution in [0, 0.1) is 17.3 Å². The monoisotopic (exact) mass is 374 g/mol. The Kier molecular flexibility index (Phi) is 6.12. The van der Waals surface area contributed by atoms with Crippen LogP contribution in [0.3, 0.4) is 0 Å². The molecule has 0 aromatic rings. The molecule has 8 heteroatoms. The van der Waals surface area contributed by atoms with E-state index < -0.39 is 32.9 Å². The van der Waals surface area contributed by atoms with Crippen molar-refractivity contribution in [2.45, 2.75) is 46.6 Å². The Morgan fingerprint density at radius 1 is 1.32 bits per heavy atom. The number of carbonyl (C=O) groups is 2. The third-order valence-electron chi connectivity index (χ3n) is 5.24. The molecule has 1 aliphatic heterocycles. The quantitative estimate of drug-likeness (QED) is 0.764. The van der Waals surface area contributed by atoms with Crippen LogP contribution in [0.1, 0.15) is 41.0 Å². The summed E-state index contributed by atoms with van der Waals surface area (Å²) in [5.41, 5.74) is -2.10. The molecule has 1 saturated heterocycles. The van der Waals surface area contributed by atoms with Gasteiger partial charge in [-0.05, 0) is 17.8 Å². The Balaban J connectivity index is 3.20. The fraction of sp³-hybridized carbons (Fsp3) is 0.765. The minimum Gasteiger partial charge on any atom is -0.479 e. The minimum absolute atomic E-state index is 0.0511. The molecule has 144 valence electrons. The van der Waals surface area contributed by atoms with Crippen LogP contribution in [0.4, 0.5) is 0 Å². The molecule has 1 fully saturated rings.